The van der Waals surface area contributed by atoms with Crippen molar-refractivity contribution < 1.29 is 24.2 Å². The molecule has 8 heteroatoms. The SMILES string of the molecule is O=C(NCC(O)C(=O)O)Nc1ccc(Cl)cc1F. The van der Waals surface area contributed by atoms with E-state index in [1.165, 1.54) is 12.1 Å². The monoisotopic (exact) mass is 276 g/mol. The highest BCUT2D eigenvalue weighted by atomic mass is 35.5. The molecular weight excluding hydrogens is 267 g/mol. The van der Waals surface area contributed by atoms with Gasteiger partial charge in [-0.3, -0.25) is 0 Å². The van der Waals surface area contributed by atoms with E-state index in [9.17, 15) is 14.0 Å². The maximum atomic E-state index is 13.3. The van der Waals surface area contributed by atoms with Gasteiger partial charge < -0.3 is 20.8 Å². The number of benzene rings is 1. The van der Waals surface area contributed by atoms with Gasteiger partial charge in [-0.05, 0) is 18.2 Å². The summed E-state index contributed by atoms with van der Waals surface area (Å²) in [5.41, 5.74) is -0.110. The summed E-state index contributed by atoms with van der Waals surface area (Å²) >= 11 is 5.52. The first-order chi connectivity index (χ1) is 8.40. The summed E-state index contributed by atoms with van der Waals surface area (Å²) in [7, 11) is 0. The second-order valence-electron chi connectivity index (χ2n) is 3.31. The van der Waals surface area contributed by atoms with Crippen molar-refractivity contribution in [1.82, 2.24) is 5.32 Å². The molecule has 0 aliphatic heterocycles. The standard InChI is InChI=1S/C10H10ClFN2O4/c11-5-1-2-7(6(12)3-5)14-10(18)13-4-8(15)9(16)17/h1-3,8,15H,4H2,(H,16,17)(H2,13,14,18). The van der Waals surface area contributed by atoms with Crippen LogP contribution in [-0.4, -0.2) is 34.9 Å². The van der Waals surface area contributed by atoms with Gasteiger partial charge in [-0.2, -0.15) is 0 Å². The number of hydrogen-bond acceptors (Lipinski definition) is 3. The third-order valence-electron chi connectivity index (χ3n) is 1.92. The Morgan fingerprint density at radius 1 is 1.44 bits per heavy atom. The lowest BCUT2D eigenvalue weighted by atomic mass is 10.3. The molecule has 0 spiro atoms. The number of urea groups is 1. The molecule has 0 fully saturated rings. The number of carbonyl (C=O) groups is 2. The van der Waals surface area contributed by atoms with Crippen LogP contribution in [0.25, 0.3) is 0 Å². The van der Waals surface area contributed by atoms with Gasteiger partial charge in [0.15, 0.2) is 6.10 Å². The van der Waals surface area contributed by atoms with Crippen molar-refractivity contribution in [3.8, 4) is 0 Å². The Kier molecular flexibility index (Phi) is 4.87. The molecule has 6 nitrogen and oxygen atoms in total. The quantitative estimate of drug-likeness (QED) is 0.660. The van der Waals surface area contributed by atoms with E-state index in [0.717, 1.165) is 6.07 Å². The molecule has 4 N–H and O–H groups in total. The minimum Gasteiger partial charge on any atom is -0.479 e. The fourth-order valence-corrected chi connectivity index (χ4v) is 1.19. The lowest BCUT2D eigenvalue weighted by molar-refractivity contribution is -0.146. The summed E-state index contributed by atoms with van der Waals surface area (Å²) in [6, 6.07) is 2.82. The molecule has 1 rings (SSSR count). The third-order valence-corrected chi connectivity index (χ3v) is 2.16. The van der Waals surface area contributed by atoms with Crippen molar-refractivity contribution >= 4 is 29.3 Å². The summed E-state index contributed by atoms with van der Waals surface area (Å²) in [6.45, 7) is -0.490. The molecule has 1 aromatic carbocycles. The number of aliphatic hydroxyl groups is 1. The second-order valence-corrected chi connectivity index (χ2v) is 3.75. The zero-order valence-corrected chi connectivity index (χ0v) is 9.74. The summed E-state index contributed by atoms with van der Waals surface area (Å²) < 4.78 is 13.3. The van der Waals surface area contributed by atoms with E-state index in [0.29, 0.717) is 0 Å². The van der Waals surface area contributed by atoms with Gasteiger partial charge in [-0.1, -0.05) is 11.6 Å². The number of aliphatic carboxylic acids is 1. The van der Waals surface area contributed by atoms with E-state index in [2.05, 4.69) is 10.6 Å². The van der Waals surface area contributed by atoms with Crippen molar-refractivity contribution in [3.05, 3.63) is 29.0 Å². The molecule has 2 amide bonds. The van der Waals surface area contributed by atoms with Crippen LogP contribution in [0.1, 0.15) is 0 Å². The Bertz CT molecular complexity index is 469. The van der Waals surface area contributed by atoms with Gasteiger partial charge >= 0.3 is 12.0 Å². The molecule has 0 saturated carbocycles. The number of halogens is 2. The Balaban J connectivity index is 2.52. The van der Waals surface area contributed by atoms with Gasteiger partial charge in [-0.15, -0.1) is 0 Å². The number of carboxylic acids is 1. The van der Waals surface area contributed by atoms with Gasteiger partial charge in [0, 0.05) is 5.02 Å². The molecule has 0 aromatic heterocycles. The molecule has 0 bridgehead atoms. The number of anilines is 1. The lowest BCUT2D eigenvalue weighted by Crippen LogP contribution is -2.38. The highest BCUT2D eigenvalue weighted by Crippen LogP contribution is 2.18. The van der Waals surface area contributed by atoms with Gasteiger partial charge in [0.2, 0.25) is 0 Å². The van der Waals surface area contributed by atoms with Crippen LogP contribution in [0.3, 0.4) is 0 Å². The number of amides is 2. The molecule has 0 aliphatic carbocycles. The van der Waals surface area contributed by atoms with Crippen molar-refractivity contribution in [2.45, 2.75) is 6.10 Å². The first-order valence-electron chi connectivity index (χ1n) is 4.81. The summed E-state index contributed by atoms with van der Waals surface area (Å²) in [6.07, 6.45) is -1.72. The number of rotatable bonds is 4. The first kappa shape index (κ1) is 14.2. The summed E-state index contributed by atoms with van der Waals surface area (Å²) in [5, 5.41) is 21.7. The van der Waals surface area contributed by atoms with Crippen molar-refractivity contribution in [2.75, 3.05) is 11.9 Å². The summed E-state index contributed by atoms with van der Waals surface area (Å²) in [5.74, 6) is -2.19. The third kappa shape index (κ3) is 4.19. The minimum atomic E-state index is -1.72. The maximum Gasteiger partial charge on any atom is 0.334 e. The van der Waals surface area contributed by atoms with Gasteiger partial charge in [0.1, 0.15) is 5.82 Å². The zero-order chi connectivity index (χ0) is 13.7. The molecule has 0 aliphatic rings. The van der Waals surface area contributed by atoms with Crippen LogP contribution in [0.4, 0.5) is 14.9 Å². The van der Waals surface area contributed by atoms with Gasteiger partial charge in [0.25, 0.3) is 0 Å². The highest BCUT2D eigenvalue weighted by Gasteiger charge is 2.14. The Hall–Kier alpha value is -1.86. The topological polar surface area (TPSA) is 98.7 Å². The molecule has 18 heavy (non-hydrogen) atoms. The van der Waals surface area contributed by atoms with Crippen LogP contribution in [0.5, 0.6) is 0 Å². The zero-order valence-electron chi connectivity index (χ0n) is 8.98. The van der Waals surface area contributed by atoms with E-state index in [1.54, 1.807) is 0 Å². The van der Waals surface area contributed by atoms with Crippen molar-refractivity contribution in [3.63, 3.8) is 0 Å². The van der Waals surface area contributed by atoms with Crippen LogP contribution in [0, 0.1) is 5.82 Å². The molecular formula is C10H10ClFN2O4. The lowest BCUT2D eigenvalue weighted by Gasteiger charge is -2.10. The normalized spacial score (nSPS) is 11.7. The van der Waals surface area contributed by atoms with E-state index in [1.807, 2.05) is 0 Å². The number of carboxylic acid groups (broad SMARTS) is 1. The van der Waals surface area contributed by atoms with Gasteiger partial charge in [-0.25, -0.2) is 14.0 Å². The fourth-order valence-electron chi connectivity index (χ4n) is 1.03. The predicted octanol–water partition coefficient (Wildman–Crippen LogP) is 1.05. The minimum absolute atomic E-state index is 0.110. The molecule has 0 radical (unpaired) electrons. The molecule has 1 aromatic rings. The first-order valence-corrected chi connectivity index (χ1v) is 5.18. The predicted molar refractivity (Wildman–Crippen MR) is 62.1 cm³/mol. The number of nitrogens with one attached hydrogen (secondary N) is 2. The van der Waals surface area contributed by atoms with Crippen LogP contribution in [0.2, 0.25) is 5.02 Å². The van der Waals surface area contributed by atoms with E-state index >= 15 is 0 Å². The average molecular weight is 277 g/mol. The van der Waals surface area contributed by atoms with Crippen molar-refractivity contribution in [1.29, 1.82) is 0 Å². The van der Waals surface area contributed by atoms with E-state index in [4.69, 9.17) is 21.8 Å². The largest absolute Gasteiger partial charge is 0.479 e. The van der Waals surface area contributed by atoms with E-state index in [-0.39, 0.29) is 10.7 Å². The number of aliphatic hydroxyl groups excluding tert-OH is 1. The van der Waals surface area contributed by atoms with Crippen LogP contribution < -0.4 is 10.6 Å². The van der Waals surface area contributed by atoms with Crippen molar-refractivity contribution in [2.24, 2.45) is 0 Å². The molecule has 98 valence electrons. The van der Waals surface area contributed by atoms with Gasteiger partial charge in [0.05, 0.1) is 12.2 Å². The smallest absolute Gasteiger partial charge is 0.334 e. The van der Waals surface area contributed by atoms with Crippen LogP contribution in [0.15, 0.2) is 18.2 Å². The summed E-state index contributed by atoms with van der Waals surface area (Å²) in [4.78, 5) is 21.5. The van der Waals surface area contributed by atoms with Crippen LogP contribution in [-0.2, 0) is 4.79 Å². The highest BCUT2D eigenvalue weighted by molar-refractivity contribution is 6.30. The Labute approximate surface area is 106 Å². The van der Waals surface area contributed by atoms with E-state index < -0.39 is 30.5 Å². The second kappa shape index (κ2) is 6.18. The number of hydrogen-bond donors (Lipinski definition) is 4. The molecule has 1 atom stereocenters. The molecule has 0 heterocycles. The molecule has 1 unspecified atom stereocenters. The fraction of sp³-hybridized carbons (Fsp3) is 0.200. The molecule has 0 saturated heterocycles. The Morgan fingerprint density at radius 3 is 2.67 bits per heavy atom. The Morgan fingerprint density at radius 2 is 2.11 bits per heavy atom. The average Bonchev–Trinajstić information content (AvgIpc) is 2.29. The number of carbonyl (C=O) groups excluding carboxylic acids is 1. The van der Waals surface area contributed by atoms with Crippen LogP contribution >= 0.6 is 11.6 Å². The maximum absolute atomic E-state index is 13.3.